The van der Waals surface area contributed by atoms with E-state index in [2.05, 4.69) is 27.0 Å². The zero-order valence-electron chi connectivity index (χ0n) is 25.5. The lowest BCUT2D eigenvalue weighted by atomic mass is 10.1. The maximum Gasteiger partial charge on any atom is 0.416 e. The first-order valence-corrected chi connectivity index (χ1v) is 14.8. The van der Waals surface area contributed by atoms with Crippen LogP contribution < -0.4 is 15.1 Å². The molecule has 4 heterocycles. The number of fused-ring (bicyclic) bond motifs is 4. The van der Waals surface area contributed by atoms with Gasteiger partial charge in [-0.1, -0.05) is 24.0 Å². The van der Waals surface area contributed by atoms with Crippen molar-refractivity contribution in [2.75, 3.05) is 28.2 Å². The summed E-state index contributed by atoms with van der Waals surface area (Å²) in [5, 5.41) is 12.6. The molecule has 0 radical (unpaired) electrons. The molecule has 6 rings (SSSR count). The van der Waals surface area contributed by atoms with Gasteiger partial charge in [-0.15, -0.1) is 0 Å². The lowest BCUT2D eigenvalue weighted by molar-refractivity contribution is -0.194. The van der Waals surface area contributed by atoms with E-state index in [-0.39, 0.29) is 24.4 Å². The molecule has 2 aromatic carbocycles. The summed E-state index contributed by atoms with van der Waals surface area (Å²) >= 11 is 0. The quantitative estimate of drug-likeness (QED) is 0.139. The number of nitrogens with zero attached hydrogens (tertiary/aromatic N) is 4. The Morgan fingerprint density at radius 2 is 1.96 bits per heavy atom. The first-order valence-electron chi connectivity index (χ1n) is 14.8. The fourth-order valence-electron chi connectivity index (χ4n) is 5.60. The number of nitrogens with one attached hydrogen (secondary N) is 1. The van der Waals surface area contributed by atoms with Gasteiger partial charge in [0.05, 0.1) is 35.6 Å². The number of alkyl halides is 3. The zero-order chi connectivity index (χ0) is 33.3. The lowest BCUT2D eigenvalue weighted by Gasteiger charge is -2.36. The molecule has 10 nitrogen and oxygen atoms in total. The molecule has 1 atom stereocenters. The van der Waals surface area contributed by atoms with Crippen LogP contribution >= 0.6 is 0 Å². The van der Waals surface area contributed by atoms with E-state index in [0.29, 0.717) is 53.6 Å². The van der Waals surface area contributed by atoms with Crippen molar-refractivity contribution in [1.29, 1.82) is 0 Å². The first kappa shape index (κ1) is 31.6. The second-order valence-electron chi connectivity index (χ2n) is 11.7. The van der Waals surface area contributed by atoms with Gasteiger partial charge < -0.3 is 24.5 Å². The molecular weight excluding hydrogens is 615 g/mol. The molecule has 0 aliphatic carbocycles. The number of aromatic nitrogens is 2. The van der Waals surface area contributed by atoms with Crippen molar-refractivity contribution in [2.45, 2.75) is 51.1 Å². The summed E-state index contributed by atoms with van der Waals surface area (Å²) in [6.45, 7) is 4.02. The minimum absolute atomic E-state index is 0.0232. The summed E-state index contributed by atoms with van der Waals surface area (Å²) in [6, 6.07) is 12.9. The maximum atomic E-state index is 14.0. The summed E-state index contributed by atoms with van der Waals surface area (Å²) in [4.78, 5) is 38.3. The second-order valence-corrected chi connectivity index (χ2v) is 11.7. The summed E-state index contributed by atoms with van der Waals surface area (Å²) < 4.78 is 50.7. The molecule has 0 saturated carbocycles. The number of benzene rings is 2. The van der Waals surface area contributed by atoms with Gasteiger partial charge in [0.1, 0.15) is 0 Å². The minimum Gasteiger partial charge on any atom is -0.444 e. The smallest absolute Gasteiger partial charge is 0.416 e. The number of oxazole rings is 1. The van der Waals surface area contributed by atoms with E-state index in [0.717, 1.165) is 17.8 Å². The Labute approximate surface area is 268 Å². The largest absolute Gasteiger partial charge is 0.444 e. The average Bonchev–Trinajstić information content (AvgIpc) is 3.70. The number of rotatable bonds is 6. The molecule has 2 N–H and O–H groups in total. The van der Waals surface area contributed by atoms with Gasteiger partial charge in [0, 0.05) is 55.7 Å². The zero-order valence-corrected chi connectivity index (χ0v) is 25.5. The van der Waals surface area contributed by atoms with Crippen molar-refractivity contribution in [2.24, 2.45) is 0 Å². The molecule has 0 spiro atoms. The Balaban J connectivity index is 1.28. The third-order valence-electron chi connectivity index (χ3n) is 7.61. The highest BCUT2D eigenvalue weighted by Gasteiger charge is 2.40. The molecule has 2 amide bonds. The molecule has 47 heavy (non-hydrogen) atoms. The minimum atomic E-state index is -4.51. The highest BCUT2D eigenvalue weighted by atomic mass is 19.4. The predicted molar refractivity (Wildman–Crippen MR) is 167 cm³/mol. The number of carbonyl (C=O) groups excluding carboxylic acids is 2. The molecule has 1 saturated heterocycles. The molecule has 2 aromatic heterocycles. The normalized spacial score (nSPS) is 15.5. The van der Waals surface area contributed by atoms with Crippen molar-refractivity contribution >= 4 is 29.2 Å². The van der Waals surface area contributed by atoms with Crippen LogP contribution in [0.4, 0.5) is 35.2 Å². The van der Waals surface area contributed by atoms with E-state index >= 15 is 0 Å². The SMILES string of the molecule is CC(C)(O)OC(=O)CCC#Cc1cc(NC(=O)N2c3nc(-c4cccc(C(F)(F)F)c4)ccc3N3CC[C@H]2C3)cc(-c2cnco2)c1. The van der Waals surface area contributed by atoms with Crippen molar-refractivity contribution in [3.63, 3.8) is 0 Å². The molecule has 0 unspecified atom stereocenters. The number of hydrogen-bond acceptors (Lipinski definition) is 8. The van der Waals surface area contributed by atoms with Gasteiger partial charge in [-0.2, -0.15) is 13.2 Å². The summed E-state index contributed by atoms with van der Waals surface area (Å²) in [6.07, 6.45) is -0.862. The number of amides is 2. The van der Waals surface area contributed by atoms with Crippen molar-refractivity contribution < 1.29 is 37.0 Å². The Morgan fingerprint density at radius 1 is 1.13 bits per heavy atom. The van der Waals surface area contributed by atoms with Gasteiger partial charge in [0.15, 0.2) is 18.0 Å². The lowest BCUT2D eigenvalue weighted by Crippen LogP contribution is -2.48. The molecule has 13 heteroatoms. The van der Waals surface area contributed by atoms with Gasteiger partial charge in [-0.25, -0.2) is 14.8 Å². The Morgan fingerprint density at radius 3 is 2.70 bits per heavy atom. The van der Waals surface area contributed by atoms with Crippen molar-refractivity contribution in [3.05, 3.63) is 78.3 Å². The number of aliphatic hydroxyl groups is 1. The topological polar surface area (TPSA) is 121 Å². The summed E-state index contributed by atoms with van der Waals surface area (Å²) in [5.41, 5.74) is 2.06. The van der Waals surface area contributed by atoms with Crippen LogP contribution in [-0.2, 0) is 15.7 Å². The number of urea groups is 1. The van der Waals surface area contributed by atoms with Gasteiger partial charge in [0.25, 0.3) is 0 Å². The van der Waals surface area contributed by atoms with E-state index in [1.165, 1.54) is 32.5 Å². The third-order valence-corrected chi connectivity index (χ3v) is 7.61. The Kier molecular flexibility index (Phi) is 8.38. The maximum absolute atomic E-state index is 14.0. The van der Waals surface area contributed by atoms with E-state index in [4.69, 9.17) is 14.1 Å². The molecule has 1 fully saturated rings. The molecule has 2 bridgehead atoms. The fourth-order valence-corrected chi connectivity index (χ4v) is 5.60. The van der Waals surface area contributed by atoms with Gasteiger partial charge in [-0.3, -0.25) is 9.69 Å². The number of pyridine rings is 1. The van der Waals surface area contributed by atoms with Gasteiger partial charge >= 0.3 is 18.2 Å². The predicted octanol–water partition coefficient (Wildman–Crippen LogP) is 6.46. The second kappa shape index (κ2) is 12.4. The van der Waals surface area contributed by atoms with Crippen LogP contribution in [0.5, 0.6) is 0 Å². The van der Waals surface area contributed by atoms with E-state index in [1.807, 2.05) is 0 Å². The van der Waals surface area contributed by atoms with Crippen molar-refractivity contribution in [1.82, 2.24) is 9.97 Å². The van der Waals surface area contributed by atoms with Gasteiger partial charge in [-0.05, 0) is 48.9 Å². The van der Waals surface area contributed by atoms with Gasteiger partial charge in [0.2, 0.25) is 5.79 Å². The van der Waals surface area contributed by atoms with Crippen LogP contribution in [0, 0.1) is 11.8 Å². The third kappa shape index (κ3) is 7.23. The molecular formula is C34H30F3N5O5. The van der Waals surface area contributed by atoms with Crippen LogP contribution in [0.15, 0.2) is 71.6 Å². The van der Waals surface area contributed by atoms with Crippen LogP contribution in [-0.4, -0.2) is 52.0 Å². The highest BCUT2D eigenvalue weighted by Crippen LogP contribution is 2.41. The monoisotopic (exact) mass is 645 g/mol. The standard InChI is InChI=1S/C34H30F3N5O5/c1-33(2,45)47-30(43)9-4-3-6-21-14-23(29-18-38-20-46-29)17-25(15-21)39-32(44)42-26-12-13-41(19-26)28-11-10-27(40-31(28)42)22-7-5-8-24(16-22)34(35,36)37/h5,7-8,10-11,14-18,20,26,45H,4,9,12-13,19H2,1-2H3,(H,39,44)/t26-/m0/s1. The Hall–Kier alpha value is -5.35. The number of halogens is 3. The summed E-state index contributed by atoms with van der Waals surface area (Å²) in [7, 11) is 0. The number of hydrogen-bond donors (Lipinski definition) is 2. The van der Waals surface area contributed by atoms with Crippen LogP contribution in [0.3, 0.4) is 0 Å². The first-order chi connectivity index (χ1) is 22.3. The van der Waals surface area contributed by atoms with Crippen LogP contribution in [0.25, 0.3) is 22.6 Å². The van der Waals surface area contributed by atoms with E-state index < -0.39 is 29.5 Å². The number of carbonyl (C=O) groups is 2. The van der Waals surface area contributed by atoms with E-state index in [1.54, 1.807) is 41.3 Å². The number of anilines is 3. The average molecular weight is 646 g/mol. The summed E-state index contributed by atoms with van der Waals surface area (Å²) in [5.74, 6) is 4.54. The van der Waals surface area contributed by atoms with Crippen LogP contribution in [0.2, 0.25) is 0 Å². The van der Waals surface area contributed by atoms with Crippen molar-refractivity contribution in [3.8, 4) is 34.4 Å². The number of esters is 1. The highest BCUT2D eigenvalue weighted by molar-refractivity contribution is 6.05. The van der Waals surface area contributed by atoms with E-state index in [9.17, 15) is 27.9 Å². The molecule has 4 aromatic rings. The molecule has 2 aliphatic heterocycles. The molecule has 242 valence electrons. The molecule has 2 aliphatic rings. The fraction of sp³-hybridized carbons (Fsp3) is 0.294. The number of ether oxygens (including phenoxy) is 1. The Bertz CT molecular complexity index is 1880. The van der Waals surface area contributed by atoms with Crippen LogP contribution in [0.1, 0.15) is 44.2 Å².